The van der Waals surface area contributed by atoms with E-state index in [1.54, 1.807) is 0 Å². The largest absolute Gasteiger partial charge is 0.481 e. The summed E-state index contributed by atoms with van der Waals surface area (Å²) in [6.07, 6.45) is 7.46. The number of carbonyl (C=O) groups is 2. The molecule has 24 heavy (non-hydrogen) atoms. The molecular weight excluding hydrogens is 306 g/mol. The van der Waals surface area contributed by atoms with Crippen LogP contribution < -0.4 is 0 Å². The fourth-order valence-electron chi connectivity index (χ4n) is 3.88. The van der Waals surface area contributed by atoms with E-state index >= 15 is 0 Å². The number of nitrogens with zero attached hydrogens (tertiary/aromatic N) is 3. The van der Waals surface area contributed by atoms with Gasteiger partial charge in [-0.3, -0.25) is 9.59 Å². The maximum absolute atomic E-state index is 12.4. The van der Waals surface area contributed by atoms with Crippen LogP contribution in [0.2, 0.25) is 0 Å². The normalized spacial score (nSPS) is 24.5. The van der Waals surface area contributed by atoms with Gasteiger partial charge in [-0.15, -0.1) is 0 Å². The molecule has 2 atom stereocenters. The fourth-order valence-corrected chi connectivity index (χ4v) is 3.88. The molecule has 6 nitrogen and oxygen atoms in total. The Morgan fingerprint density at radius 3 is 2.83 bits per heavy atom. The summed E-state index contributed by atoms with van der Waals surface area (Å²) in [7, 11) is 0. The van der Waals surface area contributed by atoms with E-state index in [1.165, 1.54) is 0 Å². The first-order chi connectivity index (χ1) is 11.6. The molecule has 6 heteroatoms. The van der Waals surface area contributed by atoms with Crippen molar-refractivity contribution in [1.82, 2.24) is 14.3 Å². The van der Waals surface area contributed by atoms with Crippen LogP contribution in [0.1, 0.15) is 31.4 Å². The zero-order valence-corrected chi connectivity index (χ0v) is 13.5. The summed E-state index contributed by atoms with van der Waals surface area (Å²) in [5.41, 5.74) is 1.82. The number of imidazole rings is 1. The number of amides is 1. The van der Waals surface area contributed by atoms with Gasteiger partial charge >= 0.3 is 5.97 Å². The predicted octanol–water partition coefficient (Wildman–Crippen LogP) is 1.98. The number of carbonyl (C=O) groups excluding carboxylic acids is 1. The Morgan fingerprint density at radius 1 is 1.29 bits per heavy atom. The highest BCUT2D eigenvalue weighted by Crippen LogP contribution is 2.42. The van der Waals surface area contributed by atoms with Crippen molar-refractivity contribution in [2.45, 2.75) is 38.1 Å². The molecule has 1 N–H and O–H groups in total. The Kier molecular flexibility index (Phi) is 3.75. The van der Waals surface area contributed by atoms with E-state index in [0.717, 1.165) is 24.2 Å². The average molecular weight is 327 g/mol. The van der Waals surface area contributed by atoms with E-state index in [0.29, 0.717) is 31.7 Å². The minimum atomic E-state index is -0.767. The van der Waals surface area contributed by atoms with Crippen LogP contribution in [0.5, 0.6) is 0 Å². The maximum atomic E-state index is 12.4. The summed E-state index contributed by atoms with van der Waals surface area (Å²) >= 11 is 0. The van der Waals surface area contributed by atoms with Crippen LogP contribution >= 0.6 is 0 Å². The number of carboxylic acids is 1. The SMILES string of the molecule is O=C(O)[C@H]1CCC(=O)N(CCc2cn3ccccc3n2)[C@@H]1C1CC1. The highest BCUT2D eigenvalue weighted by atomic mass is 16.4. The molecule has 2 aromatic rings. The number of rotatable bonds is 5. The lowest BCUT2D eigenvalue weighted by molar-refractivity contribution is -0.152. The number of piperidine rings is 1. The fraction of sp³-hybridized carbons (Fsp3) is 0.500. The minimum absolute atomic E-state index is 0.0909. The molecule has 4 rings (SSSR count). The van der Waals surface area contributed by atoms with Crippen LogP contribution in [-0.4, -0.2) is 43.9 Å². The second-order valence-electron chi connectivity index (χ2n) is 6.85. The number of hydrogen-bond donors (Lipinski definition) is 1. The molecule has 0 aromatic carbocycles. The number of pyridine rings is 1. The van der Waals surface area contributed by atoms with Crippen molar-refractivity contribution in [3.05, 3.63) is 36.3 Å². The van der Waals surface area contributed by atoms with Gasteiger partial charge in [0.2, 0.25) is 5.91 Å². The summed E-state index contributed by atoms with van der Waals surface area (Å²) in [5, 5.41) is 9.52. The van der Waals surface area contributed by atoms with Crippen LogP contribution in [-0.2, 0) is 16.0 Å². The number of likely N-dealkylation sites (tertiary alicyclic amines) is 1. The Labute approximate surface area is 140 Å². The number of fused-ring (bicyclic) bond motifs is 1. The first-order valence-corrected chi connectivity index (χ1v) is 8.58. The molecule has 1 saturated carbocycles. The molecule has 1 saturated heterocycles. The Hall–Kier alpha value is -2.37. The summed E-state index contributed by atoms with van der Waals surface area (Å²) in [4.78, 5) is 30.4. The smallest absolute Gasteiger partial charge is 0.308 e. The van der Waals surface area contributed by atoms with E-state index in [9.17, 15) is 14.7 Å². The lowest BCUT2D eigenvalue weighted by Crippen LogP contribution is -2.52. The first-order valence-electron chi connectivity index (χ1n) is 8.58. The Morgan fingerprint density at radius 2 is 2.12 bits per heavy atom. The average Bonchev–Trinajstić information content (AvgIpc) is 3.32. The molecule has 1 aliphatic carbocycles. The van der Waals surface area contributed by atoms with Gasteiger partial charge in [0.1, 0.15) is 5.65 Å². The summed E-state index contributed by atoms with van der Waals surface area (Å²) in [6.45, 7) is 0.549. The second kappa shape index (κ2) is 5.92. The van der Waals surface area contributed by atoms with Crippen LogP contribution in [0, 0.1) is 11.8 Å². The van der Waals surface area contributed by atoms with Crippen LogP contribution in [0.25, 0.3) is 5.65 Å². The van der Waals surface area contributed by atoms with Crippen molar-refractivity contribution < 1.29 is 14.7 Å². The Bertz CT molecular complexity index is 748. The molecule has 2 fully saturated rings. The molecular formula is C18H21N3O3. The van der Waals surface area contributed by atoms with E-state index in [1.807, 2.05) is 39.9 Å². The number of aromatic nitrogens is 2. The van der Waals surface area contributed by atoms with Gasteiger partial charge in [-0.1, -0.05) is 6.07 Å². The minimum Gasteiger partial charge on any atom is -0.481 e. The summed E-state index contributed by atoms with van der Waals surface area (Å²) in [5.74, 6) is -0.738. The third kappa shape index (κ3) is 2.77. The van der Waals surface area contributed by atoms with Crippen LogP contribution in [0.3, 0.4) is 0 Å². The molecule has 0 radical (unpaired) electrons. The zero-order chi connectivity index (χ0) is 16.7. The molecule has 0 spiro atoms. The van der Waals surface area contributed by atoms with Gasteiger partial charge in [0, 0.05) is 37.8 Å². The molecule has 1 aliphatic heterocycles. The monoisotopic (exact) mass is 327 g/mol. The zero-order valence-electron chi connectivity index (χ0n) is 13.5. The lowest BCUT2D eigenvalue weighted by Gasteiger charge is -2.39. The van der Waals surface area contributed by atoms with Gasteiger partial charge in [-0.05, 0) is 37.3 Å². The molecule has 3 heterocycles. The van der Waals surface area contributed by atoms with E-state index in [-0.39, 0.29) is 11.9 Å². The Balaban J connectivity index is 1.52. The number of hydrogen-bond acceptors (Lipinski definition) is 3. The standard InChI is InChI=1S/C18H21N3O3/c22-16-7-6-14(18(23)24)17(12-4-5-12)21(16)10-8-13-11-20-9-2-1-3-15(20)19-13/h1-3,9,11-12,14,17H,4-8,10H2,(H,23,24)/t14-,17+/m0/s1. The van der Waals surface area contributed by atoms with Crippen molar-refractivity contribution >= 4 is 17.5 Å². The van der Waals surface area contributed by atoms with Crippen molar-refractivity contribution in [3.63, 3.8) is 0 Å². The summed E-state index contributed by atoms with van der Waals surface area (Å²) < 4.78 is 1.96. The van der Waals surface area contributed by atoms with Crippen molar-refractivity contribution in [1.29, 1.82) is 0 Å². The van der Waals surface area contributed by atoms with Crippen molar-refractivity contribution in [2.24, 2.45) is 11.8 Å². The molecule has 2 aliphatic rings. The van der Waals surface area contributed by atoms with Crippen LogP contribution in [0.15, 0.2) is 30.6 Å². The predicted molar refractivity (Wildman–Crippen MR) is 87.5 cm³/mol. The van der Waals surface area contributed by atoms with Gasteiger partial charge in [0.05, 0.1) is 11.6 Å². The third-order valence-corrected chi connectivity index (χ3v) is 5.21. The van der Waals surface area contributed by atoms with Gasteiger partial charge in [-0.25, -0.2) is 4.98 Å². The molecule has 0 bridgehead atoms. The topological polar surface area (TPSA) is 74.9 Å². The van der Waals surface area contributed by atoms with Gasteiger partial charge in [-0.2, -0.15) is 0 Å². The number of carboxylic acid groups (broad SMARTS) is 1. The summed E-state index contributed by atoms with van der Waals surface area (Å²) in [6, 6.07) is 5.71. The first kappa shape index (κ1) is 15.2. The molecule has 1 amide bonds. The van der Waals surface area contributed by atoms with E-state index in [2.05, 4.69) is 4.98 Å². The molecule has 0 unspecified atom stereocenters. The van der Waals surface area contributed by atoms with E-state index in [4.69, 9.17) is 0 Å². The van der Waals surface area contributed by atoms with E-state index < -0.39 is 11.9 Å². The van der Waals surface area contributed by atoms with Gasteiger partial charge < -0.3 is 14.4 Å². The third-order valence-electron chi connectivity index (χ3n) is 5.21. The highest BCUT2D eigenvalue weighted by molar-refractivity contribution is 5.81. The van der Waals surface area contributed by atoms with Crippen molar-refractivity contribution in [2.75, 3.05) is 6.54 Å². The second-order valence-corrected chi connectivity index (χ2v) is 6.85. The maximum Gasteiger partial charge on any atom is 0.308 e. The highest BCUT2D eigenvalue weighted by Gasteiger charge is 2.47. The molecule has 2 aromatic heterocycles. The van der Waals surface area contributed by atoms with Gasteiger partial charge in [0.15, 0.2) is 0 Å². The van der Waals surface area contributed by atoms with Crippen molar-refractivity contribution in [3.8, 4) is 0 Å². The lowest BCUT2D eigenvalue weighted by atomic mass is 9.85. The molecule has 126 valence electrons. The number of aliphatic carboxylic acids is 1. The van der Waals surface area contributed by atoms with Crippen LogP contribution in [0.4, 0.5) is 0 Å². The van der Waals surface area contributed by atoms with Gasteiger partial charge in [0.25, 0.3) is 0 Å². The quantitative estimate of drug-likeness (QED) is 0.911.